The molecular formula is C25H35N3O4S. The lowest BCUT2D eigenvalue weighted by atomic mass is 9.79. The molecule has 180 valence electrons. The van der Waals surface area contributed by atoms with Gasteiger partial charge in [-0.05, 0) is 61.3 Å². The molecule has 1 heterocycles. The van der Waals surface area contributed by atoms with Crippen LogP contribution in [0.5, 0.6) is 0 Å². The van der Waals surface area contributed by atoms with Crippen LogP contribution in [0.25, 0.3) is 0 Å². The smallest absolute Gasteiger partial charge is 0.347 e. The number of benzene rings is 1. The number of thiazole rings is 1. The summed E-state index contributed by atoms with van der Waals surface area (Å²) < 4.78 is 0. The van der Waals surface area contributed by atoms with Gasteiger partial charge in [0.2, 0.25) is 5.91 Å². The number of rotatable bonds is 10. The molecule has 1 aliphatic rings. The van der Waals surface area contributed by atoms with Gasteiger partial charge in [0.25, 0.3) is 0 Å². The maximum absolute atomic E-state index is 13.5. The number of aliphatic hydroxyl groups excluding tert-OH is 1. The van der Waals surface area contributed by atoms with Crippen molar-refractivity contribution in [3.05, 3.63) is 45.4 Å². The number of anilines is 1. The molecule has 1 aromatic carbocycles. The van der Waals surface area contributed by atoms with Crippen molar-refractivity contribution in [2.24, 2.45) is 5.41 Å². The van der Waals surface area contributed by atoms with Gasteiger partial charge in [-0.2, -0.15) is 0 Å². The van der Waals surface area contributed by atoms with Gasteiger partial charge in [-0.1, -0.05) is 33.8 Å². The van der Waals surface area contributed by atoms with E-state index >= 15 is 0 Å². The zero-order valence-electron chi connectivity index (χ0n) is 19.9. The van der Waals surface area contributed by atoms with Crippen LogP contribution in [0.3, 0.4) is 0 Å². The summed E-state index contributed by atoms with van der Waals surface area (Å²) in [4.78, 5) is 28.9. The predicted octanol–water partition coefficient (Wildman–Crippen LogP) is 5.07. The van der Waals surface area contributed by atoms with Crippen molar-refractivity contribution in [2.75, 3.05) is 11.6 Å². The number of carboxylic acids is 1. The molecule has 8 heteroatoms. The molecular weight excluding hydrogens is 438 g/mol. The number of carbonyl (C=O) groups is 2. The summed E-state index contributed by atoms with van der Waals surface area (Å²) in [5.41, 5.74) is 5.67. The monoisotopic (exact) mass is 473 g/mol. The second-order valence-electron chi connectivity index (χ2n) is 9.32. The SMILES string of the molecule is CCC1CCC(O)c2ccc(N(NCCCc3ncc(C(=O)O)s3)C(=O)C(C)(C)CC)cc21. The minimum absolute atomic E-state index is 0.00299. The molecule has 0 aliphatic heterocycles. The van der Waals surface area contributed by atoms with E-state index in [0.29, 0.717) is 31.7 Å². The Bertz CT molecular complexity index is 988. The highest BCUT2D eigenvalue weighted by molar-refractivity contribution is 7.13. The summed E-state index contributed by atoms with van der Waals surface area (Å²) in [5, 5.41) is 22.0. The summed E-state index contributed by atoms with van der Waals surface area (Å²) >= 11 is 1.19. The lowest BCUT2D eigenvalue weighted by Crippen LogP contribution is -2.49. The Labute approximate surface area is 199 Å². The van der Waals surface area contributed by atoms with Crippen LogP contribution in [0, 0.1) is 5.41 Å². The molecule has 0 saturated heterocycles. The average Bonchev–Trinajstić information content (AvgIpc) is 3.28. The number of carboxylic acid groups (broad SMARTS) is 1. The summed E-state index contributed by atoms with van der Waals surface area (Å²) in [7, 11) is 0. The largest absolute Gasteiger partial charge is 0.477 e. The topological polar surface area (TPSA) is 103 Å². The van der Waals surface area contributed by atoms with Crippen molar-refractivity contribution < 1.29 is 19.8 Å². The minimum Gasteiger partial charge on any atom is -0.477 e. The maximum Gasteiger partial charge on any atom is 0.347 e. The van der Waals surface area contributed by atoms with Gasteiger partial charge >= 0.3 is 5.97 Å². The molecule has 0 saturated carbocycles. The number of hydrogen-bond acceptors (Lipinski definition) is 6. The molecule has 33 heavy (non-hydrogen) atoms. The molecule has 0 bridgehead atoms. The van der Waals surface area contributed by atoms with Crippen molar-refractivity contribution in [1.29, 1.82) is 0 Å². The van der Waals surface area contributed by atoms with Gasteiger partial charge < -0.3 is 10.2 Å². The third-order valence-electron chi connectivity index (χ3n) is 6.68. The summed E-state index contributed by atoms with van der Waals surface area (Å²) in [6.45, 7) is 8.61. The highest BCUT2D eigenvalue weighted by atomic mass is 32.1. The average molecular weight is 474 g/mol. The second-order valence-corrected chi connectivity index (χ2v) is 10.4. The fraction of sp³-hybridized carbons (Fsp3) is 0.560. The van der Waals surface area contributed by atoms with Gasteiger partial charge in [0, 0.05) is 18.4 Å². The molecule has 0 radical (unpaired) electrons. The first kappa shape index (κ1) is 25.3. The number of fused-ring (bicyclic) bond motifs is 1. The summed E-state index contributed by atoms with van der Waals surface area (Å²) in [6.07, 6.45) is 5.72. The second kappa shape index (κ2) is 10.8. The minimum atomic E-state index is -0.960. The van der Waals surface area contributed by atoms with Crippen LogP contribution in [0.15, 0.2) is 24.4 Å². The number of nitrogens with one attached hydrogen (secondary N) is 1. The van der Waals surface area contributed by atoms with Crippen molar-refractivity contribution in [3.63, 3.8) is 0 Å². The van der Waals surface area contributed by atoms with Crippen molar-refractivity contribution in [3.8, 4) is 0 Å². The highest BCUT2D eigenvalue weighted by Crippen LogP contribution is 2.41. The summed E-state index contributed by atoms with van der Waals surface area (Å²) in [6, 6.07) is 5.93. The van der Waals surface area contributed by atoms with Crippen LogP contribution in [-0.2, 0) is 11.2 Å². The predicted molar refractivity (Wildman–Crippen MR) is 131 cm³/mol. The Balaban J connectivity index is 1.78. The lowest BCUT2D eigenvalue weighted by molar-refractivity contribution is -0.127. The van der Waals surface area contributed by atoms with E-state index in [2.05, 4.69) is 23.4 Å². The zero-order valence-corrected chi connectivity index (χ0v) is 20.7. The van der Waals surface area contributed by atoms with Gasteiger partial charge in [0.15, 0.2) is 0 Å². The summed E-state index contributed by atoms with van der Waals surface area (Å²) in [5.74, 6) is -0.581. The van der Waals surface area contributed by atoms with Crippen LogP contribution < -0.4 is 10.4 Å². The Morgan fingerprint density at radius 3 is 2.64 bits per heavy atom. The molecule has 2 unspecified atom stereocenters. The van der Waals surface area contributed by atoms with E-state index in [1.165, 1.54) is 17.5 Å². The zero-order chi connectivity index (χ0) is 24.2. The fourth-order valence-corrected chi connectivity index (χ4v) is 4.94. The highest BCUT2D eigenvalue weighted by Gasteiger charge is 2.33. The molecule has 2 atom stereocenters. The van der Waals surface area contributed by atoms with E-state index in [1.54, 1.807) is 5.01 Å². The van der Waals surface area contributed by atoms with Crippen LogP contribution >= 0.6 is 11.3 Å². The van der Waals surface area contributed by atoms with Crippen molar-refractivity contribution >= 4 is 28.9 Å². The van der Waals surface area contributed by atoms with E-state index in [0.717, 1.165) is 41.1 Å². The number of carbonyl (C=O) groups excluding carboxylic acids is 1. The van der Waals surface area contributed by atoms with Crippen LogP contribution in [0.1, 0.15) is 97.6 Å². The van der Waals surface area contributed by atoms with Gasteiger partial charge in [-0.25, -0.2) is 20.2 Å². The number of hydrazine groups is 1. The van der Waals surface area contributed by atoms with Gasteiger partial charge in [-0.3, -0.25) is 4.79 Å². The molecule has 1 aromatic heterocycles. The van der Waals surface area contributed by atoms with Gasteiger partial charge in [-0.15, -0.1) is 11.3 Å². The van der Waals surface area contributed by atoms with Gasteiger partial charge in [0.1, 0.15) is 4.88 Å². The normalized spacial score (nSPS) is 18.1. The number of nitrogens with zero attached hydrogens (tertiary/aromatic N) is 2. The Hall–Kier alpha value is -2.29. The molecule has 0 spiro atoms. The fourth-order valence-electron chi connectivity index (χ4n) is 4.14. The molecule has 0 fully saturated rings. The van der Waals surface area contributed by atoms with E-state index in [9.17, 15) is 14.7 Å². The number of hydrogen-bond donors (Lipinski definition) is 3. The van der Waals surface area contributed by atoms with E-state index < -0.39 is 17.5 Å². The van der Waals surface area contributed by atoms with E-state index in [4.69, 9.17) is 5.11 Å². The third-order valence-corrected chi connectivity index (χ3v) is 7.72. The van der Waals surface area contributed by atoms with Crippen molar-refractivity contribution in [2.45, 2.75) is 78.2 Å². The molecule has 1 amide bonds. The number of aliphatic hydroxyl groups is 1. The van der Waals surface area contributed by atoms with E-state index in [-0.39, 0.29) is 10.8 Å². The number of aromatic nitrogens is 1. The maximum atomic E-state index is 13.5. The third kappa shape index (κ3) is 5.80. The van der Waals surface area contributed by atoms with Crippen LogP contribution in [0.4, 0.5) is 5.69 Å². The number of amides is 1. The molecule has 7 nitrogen and oxygen atoms in total. The molecule has 2 aromatic rings. The number of aryl methyl sites for hydroxylation is 1. The first-order valence-electron chi connectivity index (χ1n) is 11.8. The van der Waals surface area contributed by atoms with E-state index in [1.807, 2.05) is 32.9 Å². The Morgan fingerprint density at radius 2 is 2.00 bits per heavy atom. The number of aromatic carboxylic acids is 1. The standard InChI is InChI=1S/C25H35N3O4S/c1-5-16-9-12-20(29)18-11-10-17(14-19(16)18)28(24(32)25(3,4)6-2)27-13-7-8-22-26-15-21(33-22)23(30)31/h10-11,14-16,20,27,29H,5-9,12-13H2,1-4H3,(H,30,31). The Kier molecular flexibility index (Phi) is 8.26. The van der Waals surface area contributed by atoms with Crippen molar-refractivity contribution in [1.82, 2.24) is 10.4 Å². The first-order valence-corrected chi connectivity index (χ1v) is 12.6. The molecule has 3 N–H and O–H groups in total. The molecule has 1 aliphatic carbocycles. The first-order chi connectivity index (χ1) is 15.7. The van der Waals surface area contributed by atoms with Gasteiger partial charge in [0.05, 0.1) is 23.0 Å². The Morgan fingerprint density at radius 1 is 1.24 bits per heavy atom. The van der Waals surface area contributed by atoms with Crippen LogP contribution in [-0.4, -0.2) is 33.6 Å². The van der Waals surface area contributed by atoms with Crippen LogP contribution in [0.2, 0.25) is 0 Å². The quantitative estimate of drug-likeness (QED) is 0.329. The lowest BCUT2D eigenvalue weighted by Gasteiger charge is -2.34. The molecule has 3 rings (SSSR count).